The topological polar surface area (TPSA) is 84.0 Å². The van der Waals surface area contributed by atoms with Gasteiger partial charge >= 0.3 is 0 Å². The fourth-order valence-electron chi connectivity index (χ4n) is 4.59. The van der Waals surface area contributed by atoms with Gasteiger partial charge < -0.3 is 14.5 Å². The summed E-state index contributed by atoms with van der Waals surface area (Å²) in [5.41, 5.74) is 4.16. The Morgan fingerprint density at radius 2 is 1.79 bits per heavy atom. The van der Waals surface area contributed by atoms with Crippen molar-refractivity contribution in [1.82, 2.24) is 4.98 Å². The van der Waals surface area contributed by atoms with Crippen molar-refractivity contribution in [3.63, 3.8) is 0 Å². The minimum absolute atomic E-state index is 0.0954. The summed E-state index contributed by atoms with van der Waals surface area (Å²) in [5.74, 6) is 0.291. The number of para-hydroxylation sites is 1. The molecule has 0 saturated heterocycles. The number of carbonyl (C=O) groups is 2. The van der Waals surface area contributed by atoms with E-state index in [9.17, 15) is 9.59 Å². The Hall–Kier alpha value is -4.39. The number of hydrogen-bond donors (Lipinski definition) is 1. The number of benzene rings is 3. The maximum atomic E-state index is 13.9. The molecule has 2 aliphatic heterocycles. The molecule has 7 heteroatoms. The van der Waals surface area contributed by atoms with Crippen LogP contribution in [0, 0.1) is 0 Å². The Balaban J connectivity index is 1.48. The first-order valence-electron chi connectivity index (χ1n) is 11.1. The second kappa shape index (κ2) is 7.88. The molecule has 3 aromatic carbocycles. The Kier molecular flexibility index (Phi) is 4.69. The average molecular weight is 451 g/mol. The molecule has 2 amide bonds. The van der Waals surface area contributed by atoms with Crippen LogP contribution in [-0.4, -0.2) is 35.3 Å². The minimum atomic E-state index is -0.768. The zero-order valence-corrected chi connectivity index (χ0v) is 18.4. The van der Waals surface area contributed by atoms with Crippen molar-refractivity contribution in [2.24, 2.45) is 4.99 Å². The zero-order chi connectivity index (χ0) is 23.2. The van der Waals surface area contributed by atoms with E-state index in [0.717, 1.165) is 16.5 Å². The van der Waals surface area contributed by atoms with E-state index in [2.05, 4.69) is 4.98 Å². The predicted octanol–water partition coefficient (Wildman–Crippen LogP) is 4.50. The molecule has 1 aromatic heterocycles. The van der Waals surface area contributed by atoms with E-state index in [1.54, 1.807) is 36.4 Å². The van der Waals surface area contributed by atoms with Gasteiger partial charge in [0.2, 0.25) is 6.79 Å². The van der Waals surface area contributed by atoms with Gasteiger partial charge in [-0.3, -0.25) is 14.6 Å². The molecule has 0 radical (unpaired) electrons. The summed E-state index contributed by atoms with van der Waals surface area (Å²) in [4.78, 5) is 36.9. The number of imide groups is 1. The number of hydrogen-bond acceptors (Lipinski definition) is 5. The van der Waals surface area contributed by atoms with Crippen molar-refractivity contribution in [3.05, 3.63) is 89.6 Å². The summed E-state index contributed by atoms with van der Waals surface area (Å²) in [6.45, 7) is 1.95. The smallest absolute Gasteiger partial charge is 0.265 e. The SMILES string of the molecule is CC1=NC(Cc2c[nH]c3ccccc23)C(=O)N(C(=O)c2ccccc2)c2cc3c(cc21)OCO3. The Labute approximate surface area is 195 Å². The van der Waals surface area contributed by atoms with E-state index in [-0.39, 0.29) is 12.7 Å². The number of nitrogens with zero attached hydrogens (tertiary/aromatic N) is 2. The fraction of sp³-hybridized carbons (Fsp3) is 0.148. The Morgan fingerprint density at radius 1 is 1.06 bits per heavy atom. The highest BCUT2D eigenvalue weighted by Gasteiger charge is 2.37. The van der Waals surface area contributed by atoms with E-state index >= 15 is 0 Å². The van der Waals surface area contributed by atoms with Gasteiger partial charge in [-0.2, -0.15) is 0 Å². The summed E-state index contributed by atoms with van der Waals surface area (Å²) in [6.07, 6.45) is 2.26. The van der Waals surface area contributed by atoms with Crippen LogP contribution in [0.4, 0.5) is 5.69 Å². The number of aliphatic imine (C=N–C) groups is 1. The molecular weight excluding hydrogens is 430 g/mol. The van der Waals surface area contributed by atoms with E-state index in [4.69, 9.17) is 14.5 Å². The van der Waals surface area contributed by atoms with Gasteiger partial charge in [-0.1, -0.05) is 36.4 Å². The zero-order valence-electron chi connectivity index (χ0n) is 18.4. The lowest BCUT2D eigenvalue weighted by molar-refractivity contribution is -0.119. The number of fused-ring (bicyclic) bond motifs is 3. The molecule has 6 rings (SSSR count). The van der Waals surface area contributed by atoms with Crippen LogP contribution in [0.25, 0.3) is 10.9 Å². The van der Waals surface area contributed by atoms with Crippen molar-refractivity contribution in [2.45, 2.75) is 19.4 Å². The number of amides is 2. The molecule has 34 heavy (non-hydrogen) atoms. The normalized spacial score (nSPS) is 16.9. The van der Waals surface area contributed by atoms with Crippen molar-refractivity contribution in [1.29, 1.82) is 0 Å². The number of aromatic nitrogens is 1. The number of aromatic amines is 1. The van der Waals surface area contributed by atoms with Gasteiger partial charge in [-0.05, 0) is 36.8 Å². The van der Waals surface area contributed by atoms with Gasteiger partial charge in [0, 0.05) is 46.4 Å². The van der Waals surface area contributed by atoms with Crippen LogP contribution < -0.4 is 14.4 Å². The number of ether oxygens (including phenoxy) is 2. The number of rotatable bonds is 3. The highest BCUT2D eigenvalue weighted by atomic mass is 16.7. The lowest BCUT2D eigenvalue weighted by atomic mass is 10.0. The van der Waals surface area contributed by atoms with Crippen LogP contribution in [0.15, 0.2) is 77.9 Å². The summed E-state index contributed by atoms with van der Waals surface area (Å²) < 4.78 is 11.1. The van der Waals surface area contributed by atoms with Crippen molar-refractivity contribution >= 4 is 34.1 Å². The van der Waals surface area contributed by atoms with Crippen LogP contribution in [0.1, 0.15) is 28.4 Å². The van der Waals surface area contributed by atoms with Gasteiger partial charge in [0.05, 0.1) is 5.69 Å². The molecule has 2 aliphatic rings. The third kappa shape index (κ3) is 3.25. The maximum absolute atomic E-state index is 13.9. The molecule has 168 valence electrons. The molecule has 3 heterocycles. The highest BCUT2D eigenvalue weighted by Crippen LogP contribution is 2.40. The van der Waals surface area contributed by atoms with Crippen LogP contribution >= 0.6 is 0 Å². The molecule has 7 nitrogen and oxygen atoms in total. The molecular formula is C27H21N3O4. The molecule has 1 N–H and O–H groups in total. The number of anilines is 1. The standard InChI is InChI=1S/C27H21N3O4/c1-16-20-12-24-25(34-15-33-24)13-23(20)30(26(31)17-7-3-2-4-8-17)27(32)22(29-16)11-18-14-28-21-10-6-5-9-19(18)21/h2-10,12-14,22,28H,11,15H2,1H3. The van der Waals surface area contributed by atoms with Gasteiger partial charge in [-0.25, -0.2) is 4.90 Å². The maximum Gasteiger partial charge on any atom is 0.265 e. The van der Waals surface area contributed by atoms with Crippen molar-refractivity contribution in [2.75, 3.05) is 11.7 Å². The van der Waals surface area contributed by atoms with Gasteiger partial charge in [0.25, 0.3) is 11.8 Å². The van der Waals surface area contributed by atoms with Gasteiger partial charge in [0.1, 0.15) is 6.04 Å². The number of carbonyl (C=O) groups excluding carboxylic acids is 2. The fourth-order valence-corrected chi connectivity index (χ4v) is 4.59. The molecule has 0 spiro atoms. The molecule has 4 aromatic rings. The molecule has 1 atom stereocenters. The number of nitrogens with one attached hydrogen (secondary N) is 1. The second-order valence-electron chi connectivity index (χ2n) is 8.36. The minimum Gasteiger partial charge on any atom is -0.454 e. The van der Waals surface area contributed by atoms with Crippen LogP contribution in [0.2, 0.25) is 0 Å². The van der Waals surface area contributed by atoms with E-state index in [1.165, 1.54) is 4.90 Å². The first kappa shape index (κ1) is 20.2. The summed E-state index contributed by atoms with van der Waals surface area (Å²) >= 11 is 0. The van der Waals surface area contributed by atoms with Crippen LogP contribution in [0.3, 0.4) is 0 Å². The van der Waals surface area contributed by atoms with Crippen LogP contribution in [0.5, 0.6) is 11.5 Å². The Morgan fingerprint density at radius 3 is 2.62 bits per heavy atom. The first-order chi connectivity index (χ1) is 16.6. The van der Waals surface area contributed by atoms with E-state index < -0.39 is 11.9 Å². The van der Waals surface area contributed by atoms with E-state index in [0.29, 0.717) is 40.4 Å². The average Bonchev–Trinajstić information content (AvgIpc) is 3.48. The molecule has 0 fully saturated rings. The summed E-state index contributed by atoms with van der Waals surface area (Å²) in [6, 6.07) is 19.5. The van der Waals surface area contributed by atoms with Gasteiger partial charge in [0.15, 0.2) is 11.5 Å². The second-order valence-corrected chi connectivity index (χ2v) is 8.36. The summed E-state index contributed by atoms with van der Waals surface area (Å²) in [5, 5.41) is 1.03. The lowest BCUT2D eigenvalue weighted by Gasteiger charge is -2.24. The van der Waals surface area contributed by atoms with Crippen molar-refractivity contribution < 1.29 is 19.1 Å². The third-order valence-electron chi connectivity index (χ3n) is 6.29. The van der Waals surface area contributed by atoms with E-state index in [1.807, 2.05) is 43.5 Å². The predicted molar refractivity (Wildman–Crippen MR) is 129 cm³/mol. The quantitative estimate of drug-likeness (QED) is 0.465. The van der Waals surface area contributed by atoms with Crippen molar-refractivity contribution in [3.8, 4) is 11.5 Å². The number of H-pyrrole nitrogens is 1. The largest absolute Gasteiger partial charge is 0.454 e. The summed E-state index contributed by atoms with van der Waals surface area (Å²) in [7, 11) is 0. The monoisotopic (exact) mass is 451 g/mol. The van der Waals surface area contributed by atoms with Crippen LogP contribution in [-0.2, 0) is 11.2 Å². The molecule has 0 saturated carbocycles. The highest BCUT2D eigenvalue weighted by molar-refractivity contribution is 6.26. The first-order valence-corrected chi connectivity index (χ1v) is 11.1. The molecule has 1 unspecified atom stereocenters. The third-order valence-corrected chi connectivity index (χ3v) is 6.29. The molecule has 0 bridgehead atoms. The lowest BCUT2D eigenvalue weighted by Crippen LogP contribution is -2.43. The van der Waals surface area contributed by atoms with Gasteiger partial charge in [-0.15, -0.1) is 0 Å². The Bertz CT molecular complexity index is 1470. The molecule has 0 aliphatic carbocycles.